The van der Waals surface area contributed by atoms with Crippen LogP contribution in [0, 0.1) is 6.92 Å². The molecule has 0 aromatic heterocycles. The van der Waals surface area contributed by atoms with Crippen LogP contribution in [0.4, 0.5) is 5.69 Å². The van der Waals surface area contributed by atoms with Gasteiger partial charge in [0.2, 0.25) is 0 Å². The Bertz CT molecular complexity index is 1150. The van der Waals surface area contributed by atoms with Crippen LogP contribution >= 0.6 is 0 Å². The van der Waals surface area contributed by atoms with E-state index in [4.69, 9.17) is 4.74 Å². The van der Waals surface area contributed by atoms with Crippen molar-refractivity contribution in [3.05, 3.63) is 64.7 Å². The standard InChI is InChI=1S/C21H17NO4/c1-11-9-12-7-8-15(23)19-17(12)14(10-11)22(2)20(24)18-13(21(19,22)25)5-4-6-16(18)26-3/h4-10,25H,1-3H3/p+1. The van der Waals surface area contributed by atoms with Crippen molar-refractivity contribution in [2.75, 3.05) is 14.2 Å². The normalized spacial score (nSPS) is 25.5. The monoisotopic (exact) mass is 348 g/mol. The molecule has 0 fully saturated rings. The van der Waals surface area contributed by atoms with E-state index in [9.17, 15) is 15.0 Å². The number of amides is 1. The molecule has 0 bridgehead atoms. The highest BCUT2D eigenvalue weighted by molar-refractivity contribution is 6.17. The molecular weight excluding hydrogens is 330 g/mol. The number of fused-ring (bicyclic) bond motifs is 5. The molecule has 2 unspecified atom stereocenters. The number of methoxy groups -OCH3 is 1. The van der Waals surface area contributed by atoms with E-state index in [-0.39, 0.29) is 16.1 Å². The third-order valence-electron chi connectivity index (χ3n) is 5.94. The Morgan fingerprint density at radius 2 is 1.92 bits per heavy atom. The number of phenolic OH excluding ortho intramolecular Hbond substituents is 1. The van der Waals surface area contributed by atoms with E-state index in [0.29, 0.717) is 28.1 Å². The quantitative estimate of drug-likeness (QED) is 0.663. The second-order valence-electron chi connectivity index (χ2n) is 7.21. The maximum atomic E-state index is 13.6. The summed E-state index contributed by atoms with van der Waals surface area (Å²) in [6.45, 7) is 1.96. The van der Waals surface area contributed by atoms with Gasteiger partial charge in [-0.05, 0) is 36.1 Å². The first-order valence-electron chi connectivity index (χ1n) is 8.44. The minimum absolute atomic E-state index is 0.0181. The summed E-state index contributed by atoms with van der Waals surface area (Å²) in [7, 11) is 3.21. The molecule has 2 aliphatic rings. The number of phenols is 1. The van der Waals surface area contributed by atoms with Crippen molar-refractivity contribution < 1.29 is 19.7 Å². The van der Waals surface area contributed by atoms with Crippen molar-refractivity contribution in [3.8, 4) is 11.5 Å². The van der Waals surface area contributed by atoms with Crippen LogP contribution in [0.5, 0.6) is 11.5 Å². The van der Waals surface area contributed by atoms with Crippen molar-refractivity contribution >= 4 is 22.4 Å². The number of ether oxygens (including phenoxy) is 1. The van der Waals surface area contributed by atoms with Gasteiger partial charge in [0.05, 0.1) is 25.1 Å². The van der Waals surface area contributed by atoms with Gasteiger partial charge in [-0.15, -0.1) is 0 Å². The Kier molecular flexibility index (Phi) is 2.62. The highest BCUT2D eigenvalue weighted by Crippen LogP contribution is 2.61. The maximum Gasteiger partial charge on any atom is 0.358 e. The SMILES string of the molecule is COc1cccc2c1C(=O)[N+]1(C)c3cc(C)cc4ccc(O)c(c34)C21O. The van der Waals surface area contributed by atoms with Crippen molar-refractivity contribution in [2.24, 2.45) is 0 Å². The third-order valence-corrected chi connectivity index (χ3v) is 5.94. The largest absolute Gasteiger partial charge is 0.507 e. The first-order valence-corrected chi connectivity index (χ1v) is 8.44. The minimum Gasteiger partial charge on any atom is -0.507 e. The second-order valence-corrected chi connectivity index (χ2v) is 7.21. The van der Waals surface area contributed by atoms with E-state index in [1.165, 1.54) is 7.11 Å². The van der Waals surface area contributed by atoms with Gasteiger partial charge < -0.3 is 14.9 Å². The zero-order chi connectivity index (χ0) is 18.4. The number of hydrogen-bond acceptors (Lipinski definition) is 4. The summed E-state index contributed by atoms with van der Waals surface area (Å²) >= 11 is 0. The molecule has 0 radical (unpaired) electrons. The fourth-order valence-corrected chi connectivity index (χ4v) is 4.75. The smallest absolute Gasteiger partial charge is 0.358 e. The van der Waals surface area contributed by atoms with Crippen molar-refractivity contribution in [1.29, 1.82) is 0 Å². The molecule has 0 spiro atoms. The molecule has 5 nitrogen and oxygen atoms in total. The minimum atomic E-state index is -1.69. The first kappa shape index (κ1) is 15.4. The maximum absolute atomic E-state index is 13.6. The van der Waals surface area contributed by atoms with E-state index in [2.05, 4.69) is 0 Å². The predicted octanol–water partition coefficient (Wildman–Crippen LogP) is 3.16. The van der Waals surface area contributed by atoms with Crippen LogP contribution in [-0.4, -0.2) is 30.3 Å². The van der Waals surface area contributed by atoms with Crippen molar-refractivity contribution in [3.63, 3.8) is 0 Å². The molecule has 5 heteroatoms. The van der Waals surface area contributed by atoms with Gasteiger partial charge in [-0.2, -0.15) is 4.48 Å². The fraction of sp³-hybridized carbons (Fsp3) is 0.190. The summed E-state index contributed by atoms with van der Waals surface area (Å²) in [5, 5.41) is 24.3. The third kappa shape index (κ3) is 1.36. The molecular formula is C21H18NO4+. The summed E-state index contributed by atoms with van der Waals surface area (Å²) in [4.78, 5) is 13.6. The second kappa shape index (κ2) is 4.44. The molecule has 3 aromatic carbocycles. The lowest BCUT2D eigenvalue weighted by Crippen LogP contribution is -2.58. The van der Waals surface area contributed by atoms with Gasteiger partial charge in [0.1, 0.15) is 22.6 Å². The van der Waals surface area contributed by atoms with Gasteiger partial charge in [-0.25, -0.2) is 4.79 Å². The molecule has 2 atom stereocenters. The molecule has 2 N–H and O–H groups in total. The predicted molar refractivity (Wildman–Crippen MR) is 98.4 cm³/mol. The van der Waals surface area contributed by atoms with Crippen LogP contribution in [-0.2, 0) is 5.72 Å². The summed E-state index contributed by atoms with van der Waals surface area (Å²) < 4.78 is 5.04. The first-order chi connectivity index (χ1) is 12.4. The number of rotatable bonds is 1. The number of aliphatic hydroxyl groups is 1. The van der Waals surface area contributed by atoms with E-state index in [0.717, 1.165) is 16.3 Å². The fourth-order valence-electron chi connectivity index (χ4n) is 4.75. The molecule has 2 heterocycles. The summed E-state index contributed by atoms with van der Waals surface area (Å²) in [6, 6.07) is 12.5. The van der Waals surface area contributed by atoms with Crippen LogP contribution in [0.1, 0.15) is 27.0 Å². The average Bonchev–Trinajstić information content (AvgIpc) is 2.94. The van der Waals surface area contributed by atoms with E-state index < -0.39 is 5.72 Å². The number of carbonyl (C=O) groups is 1. The van der Waals surface area contributed by atoms with Gasteiger partial charge >= 0.3 is 5.91 Å². The number of quaternary nitrogens is 1. The summed E-state index contributed by atoms with van der Waals surface area (Å²) in [6.07, 6.45) is 0. The van der Waals surface area contributed by atoms with E-state index in [1.54, 1.807) is 31.3 Å². The molecule has 2 aliphatic heterocycles. The van der Waals surface area contributed by atoms with E-state index >= 15 is 0 Å². The molecule has 130 valence electrons. The van der Waals surface area contributed by atoms with Crippen molar-refractivity contribution in [1.82, 2.24) is 4.48 Å². The Morgan fingerprint density at radius 3 is 2.65 bits per heavy atom. The molecule has 0 saturated carbocycles. The summed E-state index contributed by atoms with van der Waals surface area (Å²) in [5.74, 6) is 0.161. The molecule has 0 saturated heterocycles. The van der Waals surface area contributed by atoms with Gasteiger partial charge in [-0.3, -0.25) is 0 Å². The van der Waals surface area contributed by atoms with Crippen LogP contribution < -0.4 is 9.22 Å². The van der Waals surface area contributed by atoms with Crippen molar-refractivity contribution in [2.45, 2.75) is 12.6 Å². The topological polar surface area (TPSA) is 66.8 Å². The van der Waals surface area contributed by atoms with Gasteiger partial charge in [0.25, 0.3) is 5.72 Å². The number of aryl methyl sites for hydroxylation is 1. The van der Waals surface area contributed by atoms with Crippen LogP contribution in [0.2, 0.25) is 0 Å². The lowest BCUT2D eigenvalue weighted by molar-refractivity contribution is -0.0269. The Labute approximate surface area is 150 Å². The summed E-state index contributed by atoms with van der Waals surface area (Å²) in [5.41, 5.74) is 1.19. The number of carbonyl (C=O) groups excluding carboxylic acids is 1. The number of benzene rings is 3. The molecule has 3 aromatic rings. The molecule has 26 heavy (non-hydrogen) atoms. The number of aromatic hydroxyl groups is 1. The average molecular weight is 348 g/mol. The Hall–Kier alpha value is -2.89. The van der Waals surface area contributed by atoms with Crippen LogP contribution in [0.25, 0.3) is 10.8 Å². The zero-order valence-electron chi connectivity index (χ0n) is 14.7. The lowest BCUT2D eigenvalue weighted by atomic mass is 9.91. The van der Waals surface area contributed by atoms with E-state index in [1.807, 2.05) is 25.1 Å². The number of hydrogen-bond donors (Lipinski definition) is 2. The zero-order valence-corrected chi connectivity index (χ0v) is 14.7. The highest BCUT2D eigenvalue weighted by Gasteiger charge is 2.70. The molecule has 1 amide bonds. The van der Waals surface area contributed by atoms with Gasteiger partial charge in [0.15, 0.2) is 5.69 Å². The lowest BCUT2D eigenvalue weighted by Gasteiger charge is -2.35. The van der Waals surface area contributed by atoms with Crippen LogP contribution in [0.15, 0.2) is 42.5 Å². The van der Waals surface area contributed by atoms with Crippen LogP contribution in [0.3, 0.4) is 0 Å². The van der Waals surface area contributed by atoms with Gasteiger partial charge in [-0.1, -0.05) is 18.2 Å². The Balaban J connectivity index is 2.03. The Morgan fingerprint density at radius 1 is 1.15 bits per heavy atom. The molecule has 0 aliphatic carbocycles. The number of nitrogens with zero attached hydrogens (tertiary/aromatic N) is 1. The molecule has 5 rings (SSSR count). The van der Waals surface area contributed by atoms with Gasteiger partial charge in [0, 0.05) is 6.07 Å². The highest BCUT2D eigenvalue weighted by atomic mass is 16.5.